The molecule has 1 heterocycles. The van der Waals surface area contributed by atoms with Crippen LogP contribution in [0.15, 0.2) is 21.0 Å². The van der Waals surface area contributed by atoms with Gasteiger partial charge in [0.05, 0.1) is 5.56 Å². The number of hydrogen-bond acceptors (Lipinski definition) is 3. The summed E-state index contributed by atoms with van der Waals surface area (Å²) in [4.78, 5) is 11.7. The number of furan rings is 1. The van der Waals surface area contributed by atoms with E-state index in [2.05, 4.69) is 21.2 Å². The van der Waals surface area contributed by atoms with E-state index in [0.717, 1.165) is 9.86 Å². The fourth-order valence-corrected chi connectivity index (χ4v) is 2.01. The van der Waals surface area contributed by atoms with Gasteiger partial charge in [-0.05, 0) is 28.9 Å². The van der Waals surface area contributed by atoms with Gasteiger partial charge in [-0.25, -0.2) is 0 Å². The number of aryl methyl sites for hydroxylation is 1. The Morgan fingerprint density at radius 2 is 2.19 bits per heavy atom. The van der Waals surface area contributed by atoms with Gasteiger partial charge in [-0.1, -0.05) is 0 Å². The maximum Gasteiger partial charge on any atom is 0.255 e. The molecule has 0 saturated heterocycles. The summed E-state index contributed by atoms with van der Waals surface area (Å²) < 4.78 is 6.25. The molecule has 16 heavy (non-hydrogen) atoms. The number of anilines is 1. The van der Waals surface area contributed by atoms with Crippen LogP contribution in [0.4, 0.5) is 5.69 Å². The fraction of sp³-hybridized carbons (Fsp3) is 0.182. The first-order valence-electron chi connectivity index (χ1n) is 4.74. The van der Waals surface area contributed by atoms with Crippen LogP contribution in [0.25, 0.3) is 11.0 Å². The first-order chi connectivity index (χ1) is 7.54. The van der Waals surface area contributed by atoms with E-state index in [4.69, 9.17) is 10.2 Å². The van der Waals surface area contributed by atoms with Crippen LogP contribution in [-0.4, -0.2) is 13.0 Å². The smallest absolute Gasteiger partial charge is 0.255 e. The molecular formula is C11H11BrN2O2. The minimum Gasteiger partial charge on any atom is -0.460 e. The van der Waals surface area contributed by atoms with Crippen LogP contribution in [0, 0.1) is 6.92 Å². The summed E-state index contributed by atoms with van der Waals surface area (Å²) in [5.41, 5.74) is 7.51. The van der Waals surface area contributed by atoms with E-state index in [9.17, 15) is 4.79 Å². The van der Waals surface area contributed by atoms with Crippen LogP contribution < -0.4 is 11.1 Å². The molecule has 5 heteroatoms. The summed E-state index contributed by atoms with van der Waals surface area (Å²) in [5, 5.41) is 3.35. The van der Waals surface area contributed by atoms with Crippen molar-refractivity contribution in [3.8, 4) is 0 Å². The Morgan fingerprint density at radius 3 is 2.81 bits per heavy atom. The number of carbonyl (C=O) groups is 1. The van der Waals surface area contributed by atoms with Gasteiger partial charge >= 0.3 is 0 Å². The first-order valence-corrected chi connectivity index (χ1v) is 5.54. The number of nitrogens with one attached hydrogen (secondary N) is 1. The lowest BCUT2D eigenvalue weighted by atomic mass is 10.1. The van der Waals surface area contributed by atoms with E-state index in [1.807, 2.05) is 0 Å². The Kier molecular flexibility index (Phi) is 2.63. The molecule has 1 aromatic carbocycles. The number of nitrogen functional groups attached to an aromatic ring is 1. The third-order valence-electron chi connectivity index (χ3n) is 2.44. The van der Waals surface area contributed by atoms with Gasteiger partial charge in [0, 0.05) is 28.7 Å². The van der Waals surface area contributed by atoms with Crippen molar-refractivity contribution in [2.24, 2.45) is 0 Å². The quantitative estimate of drug-likeness (QED) is 0.790. The SMILES string of the molecule is CNC(=O)c1c(C)oc2cc(N)c(Br)cc12. The number of rotatable bonds is 1. The van der Waals surface area contributed by atoms with Gasteiger partial charge in [0.15, 0.2) is 0 Å². The van der Waals surface area contributed by atoms with Gasteiger partial charge < -0.3 is 15.5 Å². The molecule has 2 aromatic rings. The lowest BCUT2D eigenvalue weighted by Crippen LogP contribution is -2.18. The van der Waals surface area contributed by atoms with E-state index in [0.29, 0.717) is 22.6 Å². The van der Waals surface area contributed by atoms with Gasteiger partial charge in [-0.2, -0.15) is 0 Å². The lowest BCUT2D eigenvalue weighted by Gasteiger charge is -1.99. The van der Waals surface area contributed by atoms with Crippen molar-refractivity contribution in [3.63, 3.8) is 0 Å². The molecule has 84 valence electrons. The molecule has 0 saturated carbocycles. The minimum atomic E-state index is -0.159. The highest BCUT2D eigenvalue weighted by Crippen LogP contribution is 2.31. The van der Waals surface area contributed by atoms with Crippen molar-refractivity contribution in [1.29, 1.82) is 0 Å². The van der Waals surface area contributed by atoms with Gasteiger partial charge in [0.2, 0.25) is 0 Å². The summed E-state index contributed by atoms with van der Waals surface area (Å²) in [6.45, 7) is 1.76. The summed E-state index contributed by atoms with van der Waals surface area (Å²) >= 11 is 3.33. The highest BCUT2D eigenvalue weighted by atomic mass is 79.9. The molecule has 3 N–H and O–H groups in total. The molecule has 1 aromatic heterocycles. The molecule has 0 aliphatic carbocycles. The standard InChI is InChI=1S/C11H11BrN2O2/c1-5-10(11(15)14-2)6-3-7(12)8(13)4-9(6)16-5/h3-4H,13H2,1-2H3,(H,14,15). The van der Waals surface area contributed by atoms with Crippen molar-refractivity contribution in [2.75, 3.05) is 12.8 Å². The zero-order valence-electron chi connectivity index (χ0n) is 8.93. The molecule has 4 nitrogen and oxygen atoms in total. The second kappa shape index (κ2) is 3.83. The average Bonchev–Trinajstić information content (AvgIpc) is 2.54. The Hall–Kier alpha value is -1.49. The van der Waals surface area contributed by atoms with Crippen molar-refractivity contribution < 1.29 is 9.21 Å². The number of fused-ring (bicyclic) bond motifs is 1. The zero-order valence-corrected chi connectivity index (χ0v) is 10.5. The number of benzene rings is 1. The van der Waals surface area contributed by atoms with Crippen LogP contribution in [0.2, 0.25) is 0 Å². The zero-order chi connectivity index (χ0) is 11.9. The molecule has 2 rings (SSSR count). The predicted molar refractivity (Wildman–Crippen MR) is 66.5 cm³/mol. The highest BCUT2D eigenvalue weighted by molar-refractivity contribution is 9.10. The van der Waals surface area contributed by atoms with E-state index in [1.54, 1.807) is 26.1 Å². The number of amides is 1. The lowest BCUT2D eigenvalue weighted by molar-refractivity contribution is 0.0963. The fourth-order valence-electron chi connectivity index (χ4n) is 1.66. The number of halogens is 1. The molecule has 0 atom stereocenters. The third kappa shape index (κ3) is 1.57. The number of nitrogens with two attached hydrogens (primary N) is 1. The second-order valence-electron chi connectivity index (χ2n) is 3.48. The topological polar surface area (TPSA) is 68.3 Å². The first kappa shape index (κ1) is 11.0. The van der Waals surface area contributed by atoms with Crippen LogP contribution in [0.5, 0.6) is 0 Å². The van der Waals surface area contributed by atoms with Crippen molar-refractivity contribution >= 4 is 38.5 Å². The summed E-state index contributed by atoms with van der Waals surface area (Å²) in [5.74, 6) is 0.430. The second-order valence-corrected chi connectivity index (χ2v) is 4.34. The maximum atomic E-state index is 11.7. The molecule has 1 amide bonds. The summed E-state index contributed by atoms with van der Waals surface area (Å²) in [6, 6.07) is 3.50. The molecule has 0 bridgehead atoms. The molecule has 0 radical (unpaired) electrons. The molecule has 0 unspecified atom stereocenters. The third-order valence-corrected chi connectivity index (χ3v) is 3.12. The average molecular weight is 283 g/mol. The Morgan fingerprint density at radius 1 is 1.50 bits per heavy atom. The van der Waals surface area contributed by atoms with Gasteiger partial charge in [0.1, 0.15) is 11.3 Å². The molecule has 0 aliphatic rings. The van der Waals surface area contributed by atoms with E-state index in [1.165, 1.54) is 0 Å². The largest absolute Gasteiger partial charge is 0.460 e. The van der Waals surface area contributed by atoms with Crippen LogP contribution in [-0.2, 0) is 0 Å². The van der Waals surface area contributed by atoms with Gasteiger partial charge in [0.25, 0.3) is 5.91 Å². The maximum absolute atomic E-state index is 11.7. The van der Waals surface area contributed by atoms with E-state index >= 15 is 0 Å². The summed E-state index contributed by atoms with van der Waals surface area (Å²) in [6.07, 6.45) is 0. The molecule has 0 fully saturated rings. The van der Waals surface area contributed by atoms with E-state index < -0.39 is 0 Å². The highest BCUT2D eigenvalue weighted by Gasteiger charge is 2.17. The number of hydrogen-bond donors (Lipinski definition) is 2. The normalized spacial score (nSPS) is 10.7. The molecule has 0 aliphatic heterocycles. The predicted octanol–water partition coefficient (Wildman–Crippen LogP) is 2.45. The van der Waals surface area contributed by atoms with Crippen molar-refractivity contribution in [2.45, 2.75) is 6.92 Å². The van der Waals surface area contributed by atoms with Crippen LogP contribution in [0.3, 0.4) is 0 Å². The van der Waals surface area contributed by atoms with Crippen LogP contribution in [0.1, 0.15) is 16.1 Å². The Bertz CT molecular complexity index is 575. The summed E-state index contributed by atoms with van der Waals surface area (Å²) in [7, 11) is 1.59. The monoisotopic (exact) mass is 282 g/mol. The molecular weight excluding hydrogens is 272 g/mol. The Balaban J connectivity index is 2.79. The van der Waals surface area contributed by atoms with Gasteiger partial charge in [-0.3, -0.25) is 4.79 Å². The molecule has 0 spiro atoms. The van der Waals surface area contributed by atoms with Gasteiger partial charge in [-0.15, -0.1) is 0 Å². The van der Waals surface area contributed by atoms with E-state index in [-0.39, 0.29) is 5.91 Å². The van der Waals surface area contributed by atoms with Crippen molar-refractivity contribution in [1.82, 2.24) is 5.32 Å². The Labute approximate surface area is 101 Å². The minimum absolute atomic E-state index is 0.159. The van der Waals surface area contributed by atoms with Crippen LogP contribution >= 0.6 is 15.9 Å². The number of carbonyl (C=O) groups excluding carboxylic acids is 1. The van der Waals surface area contributed by atoms with Crippen molar-refractivity contribution in [3.05, 3.63) is 27.9 Å².